The molecule has 2 atom stereocenters. The lowest BCUT2D eigenvalue weighted by Gasteiger charge is -2.03. The molecule has 0 aromatic heterocycles. The maximum Gasteiger partial charge on any atom is 0.150 e. The van der Waals surface area contributed by atoms with Gasteiger partial charge in [0.05, 0.1) is 11.5 Å². The average Bonchev–Trinajstić information content (AvgIpc) is 2.61. The zero-order valence-electron chi connectivity index (χ0n) is 7.53. The molecule has 0 aromatic carbocycles. The van der Waals surface area contributed by atoms with Crippen LogP contribution in [0.2, 0.25) is 0 Å². The van der Waals surface area contributed by atoms with Gasteiger partial charge < -0.3 is 4.79 Å². The summed E-state index contributed by atoms with van der Waals surface area (Å²) in [4.78, 5) is 10.1. The molecule has 1 saturated carbocycles. The maximum absolute atomic E-state index is 11.2. The van der Waals surface area contributed by atoms with Crippen molar-refractivity contribution in [1.29, 1.82) is 0 Å². The van der Waals surface area contributed by atoms with E-state index in [0.717, 1.165) is 25.5 Å². The van der Waals surface area contributed by atoms with Crippen molar-refractivity contribution in [2.24, 2.45) is 11.3 Å². The van der Waals surface area contributed by atoms with Crippen molar-refractivity contribution in [3.8, 4) is 0 Å². The third-order valence-electron chi connectivity index (χ3n) is 3.41. The Bertz CT molecular complexity index is 320. The molecule has 3 nitrogen and oxygen atoms in total. The number of hydrogen-bond donors (Lipinski definition) is 0. The molecule has 0 radical (unpaired) electrons. The van der Waals surface area contributed by atoms with E-state index >= 15 is 0 Å². The highest BCUT2D eigenvalue weighted by atomic mass is 32.2. The molecule has 2 aliphatic rings. The van der Waals surface area contributed by atoms with Crippen molar-refractivity contribution in [2.75, 3.05) is 11.5 Å². The van der Waals surface area contributed by atoms with Gasteiger partial charge in [-0.05, 0) is 30.6 Å². The second-order valence-electron chi connectivity index (χ2n) is 4.35. The molecule has 2 rings (SSSR count). The smallest absolute Gasteiger partial charge is 0.150 e. The summed E-state index contributed by atoms with van der Waals surface area (Å²) < 4.78 is 22.5. The molecule has 2 fully saturated rings. The first-order valence-electron chi connectivity index (χ1n) is 4.72. The first kappa shape index (κ1) is 9.19. The molecular formula is C9H14O3S. The normalized spacial score (nSPS) is 40.8. The van der Waals surface area contributed by atoms with Crippen LogP contribution < -0.4 is 0 Å². The van der Waals surface area contributed by atoms with Crippen molar-refractivity contribution < 1.29 is 13.2 Å². The summed E-state index contributed by atoms with van der Waals surface area (Å²) in [6.45, 7) is 0. The van der Waals surface area contributed by atoms with Crippen molar-refractivity contribution in [2.45, 2.75) is 25.7 Å². The van der Waals surface area contributed by atoms with Crippen molar-refractivity contribution in [3.63, 3.8) is 0 Å². The molecule has 2 unspecified atom stereocenters. The van der Waals surface area contributed by atoms with Gasteiger partial charge in [-0.3, -0.25) is 0 Å². The van der Waals surface area contributed by atoms with E-state index in [9.17, 15) is 13.2 Å². The van der Waals surface area contributed by atoms with Crippen LogP contribution in [0.5, 0.6) is 0 Å². The Labute approximate surface area is 78.4 Å². The van der Waals surface area contributed by atoms with Gasteiger partial charge in [0.15, 0.2) is 9.84 Å². The molecule has 0 amide bonds. The summed E-state index contributed by atoms with van der Waals surface area (Å²) in [6, 6.07) is 0. The summed E-state index contributed by atoms with van der Waals surface area (Å²) >= 11 is 0. The minimum absolute atomic E-state index is 0.0991. The van der Waals surface area contributed by atoms with Gasteiger partial charge in [-0.15, -0.1) is 0 Å². The number of hydrogen-bond acceptors (Lipinski definition) is 3. The van der Waals surface area contributed by atoms with Crippen LogP contribution in [-0.2, 0) is 14.6 Å². The molecule has 74 valence electrons. The highest BCUT2D eigenvalue weighted by molar-refractivity contribution is 7.91. The average molecular weight is 202 g/mol. The summed E-state index contributed by atoms with van der Waals surface area (Å²) in [7, 11) is -2.74. The number of carbonyl (C=O) groups is 1. The van der Waals surface area contributed by atoms with Gasteiger partial charge in [0, 0.05) is 6.42 Å². The third kappa shape index (κ3) is 1.64. The number of aldehydes is 1. The second-order valence-corrected chi connectivity index (χ2v) is 6.53. The lowest BCUT2D eigenvalue weighted by Crippen LogP contribution is -2.07. The quantitative estimate of drug-likeness (QED) is 0.636. The van der Waals surface area contributed by atoms with Crippen molar-refractivity contribution in [1.82, 2.24) is 0 Å². The van der Waals surface area contributed by atoms with Gasteiger partial charge in [0.1, 0.15) is 6.29 Å². The largest absolute Gasteiger partial charge is 0.303 e. The minimum atomic E-state index is -2.74. The molecule has 1 aliphatic heterocycles. The molecule has 0 N–H and O–H groups in total. The number of sulfone groups is 1. The Kier molecular flexibility index (Phi) is 1.98. The van der Waals surface area contributed by atoms with Gasteiger partial charge in [-0.1, -0.05) is 0 Å². The van der Waals surface area contributed by atoms with E-state index < -0.39 is 9.84 Å². The zero-order chi connectivity index (χ0) is 9.53. The van der Waals surface area contributed by atoms with E-state index in [1.165, 1.54) is 0 Å². The fourth-order valence-corrected chi connectivity index (χ4v) is 4.77. The van der Waals surface area contributed by atoms with Crippen molar-refractivity contribution in [3.05, 3.63) is 0 Å². The van der Waals surface area contributed by atoms with E-state index in [2.05, 4.69) is 0 Å². The Morgan fingerprint density at radius 3 is 2.77 bits per heavy atom. The molecule has 13 heavy (non-hydrogen) atoms. The van der Waals surface area contributed by atoms with Gasteiger partial charge in [-0.25, -0.2) is 8.42 Å². The van der Waals surface area contributed by atoms with Crippen LogP contribution in [0.4, 0.5) is 0 Å². The van der Waals surface area contributed by atoms with Gasteiger partial charge in [0.2, 0.25) is 0 Å². The summed E-state index contributed by atoms with van der Waals surface area (Å²) in [5, 5.41) is 0. The van der Waals surface area contributed by atoms with E-state index in [-0.39, 0.29) is 5.41 Å². The fourth-order valence-electron chi connectivity index (χ4n) is 2.53. The Morgan fingerprint density at radius 2 is 2.23 bits per heavy atom. The van der Waals surface area contributed by atoms with E-state index in [4.69, 9.17) is 0 Å². The first-order chi connectivity index (χ1) is 6.08. The Hall–Kier alpha value is -0.380. The molecule has 1 saturated heterocycles. The Morgan fingerprint density at radius 1 is 1.46 bits per heavy atom. The van der Waals surface area contributed by atoms with Gasteiger partial charge in [0.25, 0.3) is 0 Å². The number of carbonyl (C=O) groups excluding carboxylic acids is 1. The first-order valence-corrected chi connectivity index (χ1v) is 6.54. The third-order valence-corrected chi connectivity index (χ3v) is 5.25. The van der Waals surface area contributed by atoms with Crippen LogP contribution >= 0.6 is 0 Å². The molecule has 1 heterocycles. The molecule has 0 aromatic rings. The molecule has 1 spiro atoms. The van der Waals surface area contributed by atoms with Crippen LogP contribution in [-0.4, -0.2) is 26.2 Å². The maximum atomic E-state index is 11.2. The van der Waals surface area contributed by atoms with Crippen LogP contribution in [0.3, 0.4) is 0 Å². The van der Waals surface area contributed by atoms with Crippen LogP contribution in [0.25, 0.3) is 0 Å². The molecule has 0 bridgehead atoms. The zero-order valence-corrected chi connectivity index (χ0v) is 8.35. The predicted molar refractivity (Wildman–Crippen MR) is 49.1 cm³/mol. The second kappa shape index (κ2) is 2.80. The van der Waals surface area contributed by atoms with Gasteiger partial charge >= 0.3 is 0 Å². The summed E-state index contributed by atoms with van der Waals surface area (Å²) in [5.41, 5.74) is 0.0991. The Balaban J connectivity index is 1.94. The molecule has 1 aliphatic carbocycles. The van der Waals surface area contributed by atoms with E-state index in [0.29, 0.717) is 23.8 Å². The minimum Gasteiger partial charge on any atom is -0.303 e. The van der Waals surface area contributed by atoms with Crippen LogP contribution in [0.1, 0.15) is 25.7 Å². The fraction of sp³-hybridized carbons (Fsp3) is 0.889. The monoisotopic (exact) mass is 202 g/mol. The van der Waals surface area contributed by atoms with E-state index in [1.54, 1.807) is 0 Å². The lowest BCUT2D eigenvalue weighted by molar-refractivity contribution is -0.108. The highest BCUT2D eigenvalue weighted by Crippen LogP contribution is 2.60. The van der Waals surface area contributed by atoms with Crippen LogP contribution in [0.15, 0.2) is 0 Å². The SMILES string of the molecule is O=CCCC1CC12CCS(=O)(=O)C2. The van der Waals surface area contributed by atoms with E-state index in [1.807, 2.05) is 0 Å². The predicted octanol–water partition coefficient (Wildman–Crippen LogP) is 0.790. The standard InChI is InChI=1S/C9H14O3S/c10-4-1-2-8-6-9(8)3-5-13(11,12)7-9/h4,8H,1-3,5-7H2. The molecular weight excluding hydrogens is 188 g/mol. The van der Waals surface area contributed by atoms with Crippen molar-refractivity contribution >= 4 is 16.1 Å². The number of rotatable bonds is 3. The molecule has 4 heteroatoms. The van der Waals surface area contributed by atoms with Crippen LogP contribution in [0, 0.1) is 11.3 Å². The summed E-state index contributed by atoms with van der Waals surface area (Å²) in [6.07, 6.45) is 4.26. The lowest BCUT2D eigenvalue weighted by atomic mass is 10.0. The summed E-state index contributed by atoms with van der Waals surface area (Å²) in [5.74, 6) is 1.25. The van der Waals surface area contributed by atoms with Gasteiger partial charge in [-0.2, -0.15) is 0 Å². The highest BCUT2D eigenvalue weighted by Gasteiger charge is 2.58. The topological polar surface area (TPSA) is 51.2 Å².